The Morgan fingerprint density at radius 1 is 1.19 bits per heavy atom. The second-order valence-electron chi connectivity index (χ2n) is 6.33. The molecule has 1 atom stereocenters. The number of methoxy groups -OCH3 is 1. The molecule has 0 saturated carbocycles. The Kier molecular flexibility index (Phi) is 6.87. The molecule has 1 aromatic carbocycles. The molecule has 0 radical (unpaired) electrons. The van der Waals surface area contributed by atoms with Gasteiger partial charge in [-0.1, -0.05) is 13.8 Å². The monoisotopic (exact) mass is 387 g/mol. The highest BCUT2D eigenvalue weighted by molar-refractivity contribution is 7.85. The van der Waals surface area contributed by atoms with E-state index in [1.54, 1.807) is 12.1 Å². The normalized spacial score (nSPS) is 12.9. The van der Waals surface area contributed by atoms with Crippen LogP contribution >= 0.6 is 0 Å². The van der Waals surface area contributed by atoms with Crippen LogP contribution in [0.5, 0.6) is 5.75 Å². The van der Waals surface area contributed by atoms with Gasteiger partial charge in [-0.15, -0.1) is 0 Å². The lowest BCUT2D eigenvalue weighted by atomic mass is 9.84. The van der Waals surface area contributed by atoms with Crippen molar-refractivity contribution in [2.75, 3.05) is 12.9 Å². The van der Waals surface area contributed by atoms with Crippen LogP contribution in [0.1, 0.15) is 30.6 Å². The average Bonchev–Trinajstić information content (AvgIpc) is 2.52. The van der Waals surface area contributed by atoms with E-state index in [0.29, 0.717) is 11.3 Å². The molecule has 0 aliphatic carbocycles. The van der Waals surface area contributed by atoms with Gasteiger partial charge in [0.25, 0.3) is 10.1 Å². The third-order valence-corrected chi connectivity index (χ3v) is 4.36. The van der Waals surface area contributed by atoms with Gasteiger partial charge in [0, 0.05) is 12.0 Å². The van der Waals surface area contributed by atoms with Crippen LogP contribution in [0.15, 0.2) is 24.3 Å². The second kappa shape index (κ2) is 8.28. The molecule has 10 heteroatoms. The zero-order valence-corrected chi connectivity index (χ0v) is 15.4. The van der Waals surface area contributed by atoms with E-state index < -0.39 is 39.2 Å². The topological polar surface area (TPSA) is 147 Å². The third-order valence-electron chi connectivity index (χ3n) is 3.61. The average molecular weight is 387 g/mol. The summed E-state index contributed by atoms with van der Waals surface area (Å²) in [5, 5.41) is 11.0. The summed E-state index contributed by atoms with van der Waals surface area (Å²) in [5.74, 6) is -3.40. The van der Waals surface area contributed by atoms with Crippen LogP contribution in [0.4, 0.5) is 0 Å². The number of ketones is 1. The Morgan fingerprint density at radius 3 is 2.15 bits per heavy atom. The van der Waals surface area contributed by atoms with Crippen LogP contribution < -0.4 is 10.1 Å². The van der Waals surface area contributed by atoms with Gasteiger partial charge >= 0.3 is 5.97 Å². The van der Waals surface area contributed by atoms with E-state index in [1.165, 1.54) is 33.1 Å². The summed E-state index contributed by atoms with van der Waals surface area (Å²) in [5.41, 5.74) is -0.955. The number of amides is 1. The van der Waals surface area contributed by atoms with Crippen molar-refractivity contribution < 1.29 is 37.2 Å². The molecule has 3 N–H and O–H groups in total. The Hall–Kier alpha value is -2.46. The number of hydrogen-bond donors (Lipinski definition) is 3. The van der Waals surface area contributed by atoms with Crippen LogP contribution in [0.2, 0.25) is 0 Å². The smallest absolute Gasteiger partial charge is 0.327 e. The molecule has 0 aliphatic rings. The lowest BCUT2D eigenvalue weighted by molar-refractivity contribution is -0.142. The van der Waals surface area contributed by atoms with Gasteiger partial charge in [0.1, 0.15) is 17.5 Å². The summed E-state index contributed by atoms with van der Waals surface area (Å²) in [6, 6.07) is 4.42. The summed E-state index contributed by atoms with van der Waals surface area (Å²) < 4.78 is 35.5. The van der Waals surface area contributed by atoms with E-state index in [1.807, 2.05) is 5.32 Å². The molecule has 0 saturated heterocycles. The van der Waals surface area contributed by atoms with Crippen molar-refractivity contribution in [3.63, 3.8) is 0 Å². The fourth-order valence-electron chi connectivity index (χ4n) is 2.10. The van der Waals surface area contributed by atoms with E-state index in [0.717, 1.165) is 0 Å². The highest BCUT2D eigenvalue weighted by Gasteiger charge is 2.35. The minimum Gasteiger partial charge on any atom is -0.497 e. The molecule has 1 amide bonds. The minimum absolute atomic E-state index is 0.233. The largest absolute Gasteiger partial charge is 0.497 e. The maximum atomic E-state index is 12.3. The van der Waals surface area contributed by atoms with Gasteiger partial charge in [-0.05, 0) is 24.3 Å². The number of carboxylic acids is 1. The van der Waals surface area contributed by atoms with Gasteiger partial charge in [0.2, 0.25) is 5.91 Å². The van der Waals surface area contributed by atoms with Gasteiger partial charge in [-0.25, -0.2) is 4.79 Å². The molecule has 0 heterocycles. The van der Waals surface area contributed by atoms with Gasteiger partial charge < -0.3 is 15.2 Å². The fourth-order valence-corrected chi connectivity index (χ4v) is 2.75. The Labute approximate surface area is 151 Å². The molecule has 1 rings (SSSR count). The lowest BCUT2D eigenvalue weighted by Gasteiger charge is -2.25. The molecule has 0 aromatic heterocycles. The maximum Gasteiger partial charge on any atom is 0.327 e. The number of aliphatic carboxylic acids is 1. The fraction of sp³-hybridized carbons (Fsp3) is 0.438. The highest BCUT2D eigenvalue weighted by atomic mass is 32.2. The van der Waals surface area contributed by atoms with Crippen LogP contribution in [0.3, 0.4) is 0 Å². The first kappa shape index (κ1) is 21.6. The second-order valence-corrected chi connectivity index (χ2v) is 7.82. The van der Waals surface area contributed by atoms with E-state index in [9.17, 15) is 22.8 Å². The van der Waals surface area contributed by atoms with Crippen LogP contribution in [-0.2, 0) is 19.7 Å². The maximum absolute atomic E-state index is 12.3. The van der Waals surface area contributed by atoms with Gasteiger partial charge in [-0.2, -0.15) is 8.42 Å². The highest BCUT2D eigenvalue weighted by Crippen LogP contribution is 2.24. The summed E-state index contributed by atoms with van der Waals surface area (Å²) in [6.45, 7) is 2.85. The molecular formula is C16H21NO8S. The van der Waals surface area contributed by atoms with Gasteiger partial charge in [0.05, 0.1) is 12.5 Å². The number of carbonyl (C=O) groups excluding carboxylic acids is 2. The van der Waals surface area contributed by atoms with Crippen LogP contribution in [0.25, 0.3) is 0 Å². The number of hydrogen-bond acceptors (Lipinski definition) is 6. The molecule has 1 unspecified atom stereocenters. The predicted molar refractivity (Wildman–Crippen MR) is 91.7 cm³/mol. The molecule has 1 aromatic rings. The summed E-state index contributed by atoms with van der Waals surface area (Å²) in [6.07, 6.45) is -0.233. The predicted octanol–water partition coefficient (Wildman–Crippen LogP) is 0.751. The zero-order chi connectivity index (χ0) is 20.1. The number of rotatable bonds is 9. The number of benzene rings is 1. The van der Waals surface area contributed by atoms with Crippen molar-refractivity contribution in [1.29, 1.82) is 0 Å². The molecule has 0 bridgehead atoms. The quantitative estimate of drug-likeness (QED) is 0.415. The van der Waals surface area contributed by atoms with Gasteiger partial charge in [0.15, 0.2) is 5.78 Å². The lowest BCUT2D eigenvalue weighted by Crippen LogP contribution is -2.50. The standard InChI is InChI=1S/C16H21NO8S/c1-16(2,8-13(18)10-4-6-11(25-3)7-5-10)15(21)17-12(14(19)20)9-26(22,23)24/h4-7,12H,8-9H2,1-3H3,(H,17,21)(H,19,20)(H,22,23,24). The first-order chi connectivity index (χ1) is 11.9. The summed E-state index contributed by atoms with van der Waals surface area (Å²) in [7, 11) is -3.12. The minimum atomic E-state index is -4.61. The van der Waals surface area contributed by atoms with Crippen LogP contribution in [0, 0.1) is 5.41 Å². The number of Topliss-reactive ketones (excluding diaryl/α,β-unsaturated/α-hetero) is 1. The molecule has 9 nitrogen and oxygen atoms in total. The Balaban J connectivity index is 2.85. The Bertz CT molecular complexity index is 783. The van der Waals surface area contributed by atoms with E-state index in [-0.39, 0.29) is 12.2 Å². The van der Waals surface area contributed by atoms with E-state index in [4.69, 9.17) is 14.4 Å². The first-order valence-electron chi connectivity index (χ1n) is 7.52. The van der Waals surface area contributed by atoms with Gasteiger partial charge in [-0.3, -0.25) is 14.1 Å². The molecule has 0 fully saturated rings. The number of nitrogens with one attached hydrogen (secondary N) is 1. The van der Waals surface area contributed by atoms with Crippen molar-refractivity contribution >= 4 is 27.8 Å². The summed E-state index contributed by atoms with van der Waals surface area (Å²) in [4.78, 5) is 35.7. The van der Waals surface area contributed by atoms with E-state index >= 15 is 0 Å². The Morgan fingerprint density at radius 2 is 1.73 bits per heavy atom. The molecular weight excluding hydrogens is 366 g/mol. The van der Waals surface area contributed by atoms with Crippen molar-refractivity contribution in [3.8, 4) is 5.75 Å². The SMILES string of the molecule is COc1ccc(C(=O)CC(C)(C)C(=O)NC(CS(=O)(=O)O)C(=O)O)cc1. The van der Waals surface area contributed by atoms with Crippen molar-refractivity contribution in [3.05, 3.63) is 29.8 Å². The molecule has 26 heavy (non-hydrogen) atoms. The molecule has 0 aliphatic heterocycles. The number of ether oxygens (including phenoxy) is 1. The van der Waals surface area contributed by atoms with Crippen molar-refractivity contribution in [2.45, 2.75) is 26.3 Å². The van der Waals surface area contributed by atoms with Crippen LogP contribution in [-0.4, -0.2) is 54.6 Å². The number of carboxylic acid groups (broad SMARTS) is 1. The third kappa shape index (κ3) is 6.45. The summed E-state index contributed by atoms with van der Waals surface area (Å²) >= 11 is 0. The van der Waals surface area contributed by atoms with Crippen molar-refractivity contribution in [1.82, 2.24) is 5.32 Å². The molecule has 144 valence electrons. The molecule has 0 spiro atoms. The zero-order valence-electron chi connectivity index (χ0n) is 14.6. The van der Waals surface area contributed by atoms with Crippen molar-refractivity contribution in [2.24, 2.45) is 5.41 Å². The first-order valence-corrected chi connectivity index (χ1v) is 9.13. The van der Waals surface area contributed by atoms with E-state index in [2.05, 4.69) is 0 Å². The number of carbonyl (C=O) groups is 3.